The van der Waals surface area contributed by atoms with Crippen molar-refractivity contribution in [1.29, 1.82) is 0 Å². The number of pyridine rings is 1. The van der Waals surface area contributed by atoms with E-state index in [-0.39, 0.29) is 12.0 Å². The van der Waals surface area contributed by atoms with Crippen LogP contribution in [0.1, 0.15) is 23.3 Å². The first-order valence-corrected chi connectivity index (χ1v) is 7.04. The van der Waals surface area contributed by atoms with Crippen LogP contribution in [0.4, 0.5) is 5.82 Å². The Balaban J connectivity index is 1.80. The summed E-state index contributed by atoms with van der Waals surface area (Å²) in [5.74, 6) is 5.77. The lowest BCUT2D eigenvalue weighted by molar-refractivity contribution is 0.0854. The van der Waals surface area contributed by atoms with E-state index in [2.05, 4.69) is 15.7 Å². The van der Waals surface area contributed by atoms with Crippen LogP contribution in [0.5, 0.6) is 0 Å². The molecule has 1 aromatic carbocycles. The highest BCUT2D eigenvalue weighted by Gasteiger charge is 2.17. The molecule has 6 heteroatoms. The number of nitrogens with one attached hydrogen (secondary N) is 2. The molecule has 0 spiro atoms. The lowest BCUT2D eigenvalue weighted by atomic mass is 10.1. The number of aromatic nitrogens is 1. The molecule has 0 radical (unpaired) electrons. The summed E-state index contributed by atoms with van der Waals surface area (Å²) in [5.41, 5.74) is 2.89. The van der Waals surface area contributed by atoms with E-state index in [1.165, 1.54) is 0 Å². The minimum absolute atomic E-state index is 0.113. The van der Waals surface area contributed by atoms with Crippen LogP contribution in [0.3, 0.4) is 0 Å². The number of ether oxygens (including phenoxy) is 1. The average molecular weight is 286 g/mol. The maximum atomic E-state index is 12.2. The third kappa shape index (κ3) is 2.96. The van der Waals surface area contributed by atoms with Gasteiger partial charge in [-0.15, -0.1) is 0 Å². The van der Waals surface area contributed by atoms with Crippen LogP contribution in [0.2, 0.25) is 0 Å². The van der Waals surface area contributed by atoms with E-state index in [1.54, 1.807) is 6.07 Å². The van der Waals surface area contributed by atoms with Crippen molar-refractivity contribution in [1.82, 2.24) is 10.3 Å². The number of amides is 1. The average Bonchev–Trinajstić information content (AvgIpc) is 3.04. The van der Waals surface area contributed by atoms with Crippen molar-refractivity contribution in [3.8, 4) is 0 Å². The first-order chi connectivity index (χ1) is 10.3. The first kappa shape index (κ1) is 13.8. The number of nitrogens with two attached hydrogens (primary N) is 1. The molecule has 110 valence electrons. The molecule has 1 amide bonds. The SMILES string of the molecule is NNc1nc(C(=O)NCC2CCCO2)cc2ccccc12. The number of nitrogens with zero attached hydrogens (tertiary/aromatic N) is 1. The molecule has 1 unspecified atom stereocenters. The minimum Gasteiger partial charge on any atom is -0.376 e. The van der Waals surface area contributed by atoms with Crippen molar-refractivity contribution in [3.63, 3.8) is 0 Å². The largest absolute Gasteiger partial charge is 0.376 e. The van der Waals surface area contributed by atoms with Gasteiger partial charge >= 0.3 is 0 Å². The van der Waals surface area contributed by atoms with Gasteiger partial charge < -0.3 is 15.5 Å². The van der Waals surface area contributed by atoms with Gasteiger partial charge in [-0.2, -0.15) is 0 Å². The Morgan fingerprint density at radius 3 is 3.05 bits per heavy atom. The highest BCUT2D eigenvalue weighted by molar-refractivity contribution is 6.00. The molecule has 21 heavy (non-hydrogen) atoms. The summed E-state index contributed by atoms with van der Waals surface area (Å²) in [7, 11) is 0. The maximum Gasteiger partial charge on any atom is 0.270 e. The molecule has 2 aromatic rings. The fourth-order valence-electron chi connectivity index (χ4n) is 2.53. The van der Waals surface area contributed by atoms with E-state index in [0.29, 0.717) is 18.1 Å². The van der Waals surface area contributed by atoms with Crippen LogP contribution in [-0.2, 0) is 4.74 Å². The van der Waals surface area contributed by atoms with Crippen LogP contribution >= 0.6 is 0 Å². The van der Waals surface area contributed by atoms with Gasteiger partial charge in [-0.25, -0.2) is 10.8 Å². The Hall–Kier alpha value is -2.18. The van der Waals surface area contributed by atoms with Gasteiger partial charge in [0.25, 0.3) is 5.91 Å². The Morgan fingerprint density at radius 2 is 2.29 bits per heavy atom. The second-order valence-corrected chi connectivity index (χ2v) is 5.07. The van der Waals surface area contributed by atoms with E-state index in [0.717, 1.165) is 30.2 Å². The van der Waals surface area contributed by atoms with Crippen LogP contribution in [0.25, 0.3) is 10.8 Å². The van der Waals surface area contributed by atoms with Gasteiger partial charge in [0.15, 0.2) is 0 Å². The molecule has 3 rings (SSSR count). The molecular weight excluding hydrogens is 268 g/mol. The number of rotatable bonds is 4. The molecule has 1 aliphatic heterocycles. The lowest BCUT2D eigenvalue weighted by Gasteiger charge is -2.12. The van der Waals surface area contributed by atoms with Gasteiger partial charge in [-0.3, -0.25) is 4.79 Å². The molecule has 6 nitrogen and oxygen atoms in total. The minimum atomic E-state index is -0.215. The van der Waals surface area contributed by atoms with Crippen molar-refractivity contribution in [2.45, 2.75) is 18.9 Å². The number of fused-ring (bicyclic) bond motifs is 1. The van der Waals surface area contributed by atoms with E-state index >= 15 is 0 Å². The van der Waals surface area contributed by atoms with E-state index in [4.69, 9.17) is 10.6 Å². The molecule has 4 N–H and O–H groups in total. The number of carbonyl (C=O) groups is 1. The lowest BCUT2D eigenvalue weighted by Crippen LogP contribution is -2.32. The van der Waals surface area contributed by atoms with E-state index < -0.39 is 0 Å². The highest BCUT2D eigenvalue weighted by atomic mass is 16.5. The molecular formula is C15H18N4O2. The first-order valence-electron chi connectivity index (χ1n) is 7.04. The Labute approximate surface area is 122 Å². The molecule has 1 aromatic heterocycles. The van der Waals surface area contributed by atoms with Crippen LogP contribution in [0.15, 0.2) is 30.3 Å². The second-order valence-electron chi connectivity index (χ2n) is 5.07. The van der Waals surface area contributed by atoms with Gasteiger partial charge in [0, 0.05) is 18.5 Å². The predicted octanol–water partition coefficient (Wildman–Crippen LogP) is 1.43. The summed E-state index contributed by atoms with van der Waals surface area (Å²) < 4.78 is 5.49. The summed E-state index contributed by atoms with van der Waals surface area (Å²) in [6.45, 7) is 1.29. The number of hydrazine groups is 1. The number of carbonyl (C=O) groups excluding carboxylic acids is 1. The van der Waals surface area contributed by atoms with E-state index in [9.17, 15) is 4.79 Å². The number of benzene rings is 1. The monoisotopic (exact) mass is 286 g/mol. The Bertz CT molecular complexity index is 653. The van der Waals surface area contributed by atoms with Crippen molar-refractivity contribution >= 4 is 22.5 Å². The fourth-order valence-corrected chi connectivity index (χ4v) is 2.53. The molecule has 1 aliphatic rings. The van der Waals surface area contributed by atoms with Crippen molar-refractivity contribution in [2.75, 3.05) is 18.6 Å². The second kappa shape index (κ2) is 6.07. The van der Waals surface area contributed by atoms with Crippen LogP contribution in [-0.4, -0.2) is 30.1 Å². The van der Waals surface area contributed by atoms with Gasteiger partial charge in [0.2, 0.25) is 0 Å². The highest BCUT2D eigenvalue weighted by Crippen LogP contribution is 2.21. The van der Waals surface area contributed by atoms with Gasteiger partial charge in [-0.05, 0) is 24.3 Å². The summed E-state index contributed by atoms with van der Waals surface area (Å²) in [5, 5.41) is 4.67. The third-order valence-electron chi connectivity index (χ3n) is 3.62. The predicted molar refractivity (Wildman–Crippen MR) is 80.9 cm³/mol. The van der Waals surface area contributed by atoms with Crippen molar-refractivity contribution in [3.05, 3.63) is 36.0 Å². The normalized spacial score (nSPS) is 17.9. The molecule has 1 atom stereocenters. The maximum absolute atomic E-state index is 12.2. The fraction of sp³-hybridized carbons (Fsp3) is 0.333. The van der Waals surface area contributed by atoms with E-state index in [1.807, 2.05) is 24.3 Å². The summed E-state index contributed by atoms with van der Waals surface area (Å²) in [4.78, 5) is 16.5. The molecule has 1 fully saturated rings. The van der Waals surface area contributed by atoms with Gasteiger partial charge in [-0.1, -0.05) is 24.3 Å². The Kier molecular flexibility index (Phi) is 3.98. The van der Waals surface area contributed by atoms with Crippen LogP contribution in [0, 0.1) is 0 Å². The summed E-state index contributed by atoms with van der Waals surface area (Å²) in [6.07, 6.45) is 2.15. The number of hydrogen-bond donors (Lipinski definition) is 3. The molecule has 0 bridgehead atoms. The standard InChI is InChI=1S/C15H18N4O2/c16-19-14-12-6-2-1-4-10(12)8-13(18-14)15(20)17-9-11-5-3-7-21-11/h1-2,4,6,8,11H,3,5,7,9,16H2,(H,17,20)(H,18,19). The zero-order valence-electron chi connectivity index (χ0n) is 11.6. The van der Waals surface area contributed by atoms with Gasteiger partial charge in [0.1, 0.15) is 11.5 Å². The molecule has 0 aliphatic carbocycles. The smallest absolute Gasteiger partial charge is 0.270 e. The zero-order chi connectivity index (χ0) is 14.7. The molecule has 0 saturated carbocycles. The number of anilines is 1. The molecule has 1 saturated heterocycles. The third-order valence-corrected chi connectivity index (χ3v) is 3.62. The summed E-state index contributed by atoms with van der Waals surface area (Å²) >= 11 is 0. The quantitative estimate of drug-likeness (QED) is 0.584. The van der Waals surface area contributed by atoms with Crippen molar-refractivity contribution in [2.24, 2.45) is 5.84 Å². The molecule has 2 heterocycles. The topological polar surface area (TPSA) is 89.3 Å². The van der Waals surface area contributed by atoms with Crippen LogP contribution < -0.4 is 16.6 Å². The zero-order valence-corrected chi connectivity index (χ0v) is 11.6. The number of nitrogen functional groups attached to an aromatic ring is 1. The Morgan fingerprint density at radius 1 is 1.43 bits per heavy atom. The van der Waals surface area contributed by atoms with Gasteiger partial charge in [0.05, 0.1) is 6.10 Å². The summed E-state index contributed by atoms with van der Waals surface area (Å²) in [6, 6.07) is 9.42. The van der Waals surface area contributed by atoms with Crippen molar-refractivity contribution < 1.29 is 9.53 Å². The number of hydrogen-bond acceptors (Lipinski definition) is 5.